The number of nitro groups is 1. The molecule has 0 radical (unpaired) electrons. The maximum atomic E-state index is 14.9. The van der Waals surface area contributed by atoms with Gasteiger partial charge in [0.25, 0.3) is 15.7 Å². The molecule has 5 atom stereocenters. The first-order valence-electron chi connectivity index (χ1n) is 18.6. The van der Waals surface area contributed by atoms with Gasteiger partial charge < -0.3 is 20.5 Å². The molecule has 0 aliphatic carbocycles. The van der Waals surface area contributed by atoms with Crippen LogP contribution in [0.25, 0.3) is 10.9 Å². The lowest BCUT2D eigenvalue weighted by molar-refractivity contribution is -0.387. The summed E-state index contributed by atoms with van der Waals surface area (Å²) in [6.45, 7) is 5.23. The second kappa shape index (κ2) is 17.5. The lowest BCUT2D eigenvalue weighted by Crippen LogP contribution is -2.62. The van der Waals surface area contributed by atoms with E-state index >= 15 is 0 Å². The van der Waals surface area contributed by atoms with E-state index in [-0.39, 0.29) is 31.7 Å². The van der Waals surface area contributed by atoms with E-state index in [4.69, 9.17) is 0 Å². The van der Waals surface area contributed by atoms with Gasteiger partial charge in [-0.1, -0.05) is 70.4 Å². The smallest absolute Gasteiger partial charge is 0.289 e. The Kier molecular flexibility index (Phi) is 13.0. The SMILES string of the molecule is CCC(=O)CCCCC[C@@H]1NC(=O)[C@H]2CCCN2C(=O)[C@H]([C@@H](C)CC)N(S(=O)(=O)c2ccccc2[N+](=O)[O-])C[C@H](Cc2c[nH]c3ccccc23)NC1=O. The third kappa shape index (κ3) is 8.95. The molecule has 286 valence electrons. The monoisotopic (exact) mass is 750 g/mol. The predicted octanol–water partition coefficient (Wildman–Crippen LogP) is 4.63. The van der Waals surface area contributed by atoms with E-state index < -0.39 is 73.3 Å². The topological polar surface area (TPSA) is 192 Å². The zero-order valence-corrected chi connectivity index (χ0v) is 31.4. The Morgan fingerprint density at radius 1 is 1.00 bits per heavy atom. The van der Waals surface area contributed by atoms with Crippen LogP contribution in [0.1, 0.15) is 84.1 Å². The van der Waals surface area contributed by atoms with Crippen LogP contribution in [0.4, 0.5) is 5.69 Å². The molecule has 2 aliphatic rings. The van der Waals surface area contributed by atoms with Crippen LogP contribution in [-0.2, 0) is 35.6 Å². The van der Waals surface area contributed by atoms with E-state index in [2.05, 4.69) is 15.6 Å². The van der Waals surface area contributed by atoms with Crippen LogP contribution in [0, 0.1) is 16.0 Å². The highest BCUT2D eigenvalue weighted by atomic mass is 32.2. The Balaban J connectivity index is 1.62. The van der Waals surface area contributed by atoms with Gasteiger partial charge in [0.15, 0.2) is 4.90 Å². The zero-order valence-electron chi connectivity index (χ0n) is 30.6. The number of nitro benzene ring substituents is 1. The minimum absolute atomic E-state index is 0.145. The van der Waals surface area contributed by atoms with Gasteiger partial charge in [-0.2, -0.15) is 4.31 Å². The molecule has 1 aromatic heterocycles. The van der Waals surface area contributed by atoms with Crippen molar-refractivity contribution in [2.75, 3.05) is 13.1 Å². The number of aromatic nitrogens is 1. The van der Waals surface area contributed by atoms with E-state index in [1.165, 1.54) is 17.0 Å². The number of sulfonamides is 1. The number of rotatable bonds is 14. The molecule has 53 heavy (non-hydrogen) atoms. The van der Waals surface area contributed by atoms with Gasteiger partial charge in [0.1, 0.15) is 23.9 Å². The van der Waals surface area contributed by atoms with Gasteiger partial charge >= 0.3 is 0 Å². The molecule has 2 saturated heterocycles. The van der Waals surface area contributed by atoms with Gasteiger partial charge in [0, 0.05) is 55.1 Å². The fraction of sp³-hybridized carbons (Fsp3) is 0.526. The van der Waals surface area contributed by atoms with Crippen molar-refractivity contribution >= 4 is 50.1 Å². The van der Waals surface area contributed by atoms with Crippen LogP contribution in [-0.4, -0.2) is 88.3 Å². The van der Waals surface area contributed by atoms with Crippen molar-refractivity contribution in [3.05, 3.63) is 70.4 Å². The summed E-state index contributed by atoms with van der Waals surface area (Å²) in [7, 11) is -4.76. The van der Waals surface area contributed by atoms with Gasteiger partial charge in [-0.05, 0) is 55.7 Å². The molecular formula is C38H50N6O8S. The van der Waals surface area contributed by atoms with Crippen LogP contribution >= 0.6 is 0 Å². The summed E-state index contributed by atoms with van der Waals surface area (Å²) >= 11 is 0. The van der Waals surface area contributed by atoms with Crippen LogP contribution < -0.4 is 10.6 Å². The normalized spacial score (nSPS) is 22.4. The number of Topliss-reactive ketones (excluding diaryl/α,β-unsaturated/α-hetero) is 1. The average molecular weight is 751 g/mol. The summed E-state index contributed by atoms with van der Waals surface area (Å²) in [6, 6.07) is 8.42. The number of carbonyl (C=O) groups is 4. The number of H-pyrrole nitrogens is 1. The Bertz CT molecular complexity index is 1930. The molecule has 14 nitrogen and oxygen atoms in total. The Hall–Kier alpha value is -4.63. The molecule has 3 aromatic rings. The van der Waals surface area contributed by atoms with Crippen molar-refractivity contribution in [2.24, 2.45) is 5.92 Å². The second-order valence-corrected chi connectivity index (χ2v) is 16.0. The molecule has 0 spiro atoms. The third-order valence-corrected chi connectivity index (χ3v) is 12.5. The van der Waals surface area contributed by atoms with Crippen LogP contribution in [0.15, 0.2) is 59.6 Å². The number of hydrogen-bond donors (Lipinski definition) is 3. The number of para-hydroxylation sites is 2. The van der Waals surface area contributed by atoms with E-state index in [0.29, 0.717) is 51.4 Å². The molecule has 2 fully saturated rings. The highest BCUT2D eigenvalue weighted by molar-refractivity contribution is 7.89. The van der Waals surface area contributed by atoms with E-state index in [0.717, 1.165) is 32.9 Å². The molecule has 3 N–H and O–H groups in total. The van der Waals surface area contributed by atoms with Gasteiger partial charge in [0.2, 0.25) is 17.7 Å². The maximum absolute atomic E-state index is 14.9. The Morgan fingerprint density at radius 3 is 2.47 bits per heavy atom. The van der Waals surface area contributed by atoms with Crippen molar-refractivity contribution < 1.29 is 32.5 Å². The first-order chi connectivity index (χ1) is 25.4. The van der Waals surface area contributed by atoms with Crippen molar-refractivity contribution in [3.8, 4) is 0 Å². The van der Waals surface area contributed by atoms with Gasteiger partial charge in [-0.15, -0.1) is 0 Å². The number of ketones is 1. The highest BCUT2D eigenvalue weighted by Crippen LogP contribution is 2.33. The van der Waals surface area contributed by atoms with Gasteiger partial charge in [-0.25, -0.2) is 8.42 Å². The molecule has 2 aromatic carbocycles. The Labute approximate surface area is 310 Å². The summed E-state index contributed by atoms with van der Waals surface area (Å²) in [5.41, 5.74) is 0.990. The van der Waals surface area contributed by atoms with Gasteiger partial charge in [0.05, 0.1) is 4.92 Å². The van der Waals surface area contributed by atoms with Crippen LogP contribution in [0.3, 0.4) is 0 Å². The molecule has 2 aliphatic heterocycles. The lowest BCUT2D eigenvalue weighted by atomic mass is 9.96. The molecule has 0 unspecified atom stereocenters. The standard InChI is InChI=1S/C38H50N6O8S/c1-4-25(3)35-38(48)42-21-13-19-33(42)37(47)41-31(17-8-6-7-14-28(45)5-2)36(46)40-27(22-26-23-39-30-16-10-9-15-29(26)30)24-43(35)53(51,52)34-20-12-11-18-32(34)44(49)50/h9-12,15-16,18,20,23,25,27,31,33,35,39H,4-8,13-14,17,19,21-22,24H2,1-3H3,(H,40,46)(H,41,47)/t25-,27-,31-,33+,35-/m0/s1. The third-order valence-electron chi connectivity index (χ3n) is 10.6. The number of benzene rings is 2. The van der Waals surface area contributed by atoms with Crippen molar-refractivity contribution in [3.63, 3.8) is 0 Å². The summed E-state index contributed by atoms with van der Waals surface area (Å²) in [4.78, 5) is 70.3. The van der Waals surface area contributed by atoms with Crippen molar-refractivity contribution in [2.45, 2.75) is 114 Å². The summed E-state index contributed by atoms with van der Waals surface area (Å²) in [5, 5.41) is 19.0. The fourth-order valence-electron chi connectivity index (χ4n) is 7.47. The molecule has 0 bridgehead atoms. The number of nitrogens with zero attached hydrogens (tertiary/aromatic N) is 3. The molecule has 15 heteroatoms. The minimum Gasteiger partial charge on any atom is -0.361 e. The van der Waals surface area contributed by atoms with E-state index in [1.807, 2.05) is 38.1 Å². The quantitative estimate of drug-likeness (QED) is 0.121. The summed E-state index contributed by atoms with van der Waals surface area (Å²) < 4.78 is 30.8. The predicted molar refractivity (Wildman–Crippen MR) is 199 cm³/mol. The van der Waals surface area contributed by atoms with Crippen LogP contribution in [0.5, 0.6) is 0 Å². The number of aromatic amines is 1. The maximum Gasteiger partial charge on any atom is 0.289 e. The zero-order chi connectivity index (χ0) is 38.3. The average Bonchev–Trinajstić information content (AvgIpc) is 3.81. The minimum atomic E-state index is -4.76. The number of fused-ring (bicyclic) bond motifs is 2. The summed E-state index contributed by atoms with van der Waals surface area (Å²) in [5.74, 6) is -1.98. The molecule has 3 heterocycles. The highest BCUT2D eigenvalue weighted by Gasteiger charge is 2.47. The number of amides is 3. The number of carbonyl (C=O) groups excluding carboxylic acids is 4. The number of nitrogens with one attached hydrogen (secondary N) is 3. The van der Waals surface area contributed by atoms with Gasteiger partial charge in [-0.3, -0.25) is 29.3 Å². The molecule has 0 saturated carbocycles. The number of unbranched alkanes of at least 4 members (excludes halogenated alkanes) is 2. The molecule has 5 rings (SSSR count). The first kappa shape index (κ1) is 39.6. The largest absolute Gasteiger partial charge is 0.361 e. The Morgan fingerprint density at radius 2 is 1.74 bits per heavy atom. The van der Waals surface area contributed by atoms with Crippen LogP contribution in [0.2, 0.25) is 0 Å². The fourth-order valence-corrected chi connectivity index (χ4v) is 9.35. The lowest BCUT2D eigenvalue weighted by Gasteiger charge is -2.39. The van der Waals surface area contributed by atoms with Crippen molar-refractivity contribution in [1.82, 2.24) is 24.8 Å². The number of hydrogen-bond acceptors (Lipinski definition) is 8. The molecule has 3 amide bonds. The van der Waals surface area contributed by atoms with E-state index in [9.17, 15) is 37.7 Å². The first-order valence-corrected chi connectivity index (χ1v) is 20.0. The van der Waals surface area contributed by atoms with Crippen molar-refractivity contribution in [1.29, 1.82) is 0 Å². The van der Waals surface area contributed by atoms with E-state index in [1.54, 1.807) is 13.1 Å². The molecular weight excluding hydrogens is 701 g/mol. The second-order valence-electron chi connectivity index (χ2n) is 14.1. The summed E-state index contributed by atoms with van der Waals surface area (Å²) in [6.07, 6.45) is 6.17.